The summed E-state index contributed by atoms with van der Waals surface area (Å²) in [6.45, 7) is 3.42. The van der Waals surface area contributed by atoms with Gasteiger partial charge < -0.3 is 25.1 Å². The molecule has 2 aromatic carbocycles. The van der Waals surface area contributed by atoms with Gasteiger partial charge in [-0.25, -0.2) is 19.3 Å². The van der Waals surface area contributed by atoms with E-state index >= 15 is 0 Å². The van der Waals surface area contributed by atoms with E-state index in [1.165, 1.54) is 12.1 Å². The van der Waals surface area contributed by atoms with Gasteiger partial charge in [-0.1, -0.05) is 25.1 Å². The average Bonchev–Trinajstić information content (AvgIpc) is 3.43. The average molecular weight is 542 g/mol. The molecular formula is C29H28FN7O3. The summed E-state index contributed by atoms with van der Waals surface area (Å²) in [5.74, 6) is 0.286. The third kappa shape index (κ3) is 6.31. The largest absolute Gasteiger partial charge is 0.353 e. The molecule has 0 radical (unpaired) electrons. The van der Waals surface area contributed by atoms with Crippen molar-refractivity contribution >= 4 is 11.9 Å². The Morgan fingerprint density at radius 3 is 2.60 bits per heavy atom. The molecule has 10 nitrogen and oxygen atoms in total. The third-order valence-electron chi connectivity index (χ3n) is 6.37. The maximum absolute atomic E-state index is 13.7. The zero-order valence-electron chi connectivity index (χ0n) is 21.9. The Kier molecular flexibility index (Phi) is 8.10. The lowest BCUT2D eigenvalue weighted by Gasteiger charge is -2.36. The zero-order chi connectivity index (χ0) is 28.0. The third-order valence-corrected chi connectivity index (χ3v) is 6.37. The van der Waals surface area contributed by atoms with Gasteiger partial charge in [-0.05, 0) is 42.5 Å². The van der Waals surface area contributed by atoms with Crippen molar-refractivity contribution in [3.05, 3.63) is 84.1 Å². The molecule has 2 aromatic heterocycles. The maximum atomic E-state index is 13.7. The number of aromatic nitrogens is 4. The van der Waals surface area contributed by atoms with Crippen LogP contribution in [0.15, 0.2) is 66.9 Å². The number of nitrogens with one attached hydrogen (secondary N) is 3. The minimum Gasteiger partial charge on any atom is -0.353 e. The van der Waals surface area contributed by atoms with E-state index in [1.54, 1.807) is 36.5 Å². The number of anilines is 1. The molecule has 1 saturated heterocycles. The van der Waals surface area contributed by atoms with E-state index in [9.17, 15) is 9.18 Å². The first-order valence-electron chi connectivity index (χ1n) is 12.8. The van der Waals surface area contributed by atoms with Crippen LogP contribution in [0.1, 0.15) is 35.8 Å². The Balaban J connectivity index is 1.33. The van der Waals surface area contributed by atoms with Crippen LogP contribution in [-0.4, -0.2) is 52.1 Å². The van der Waals surface area contributed by atoms with E-state index in [-0.39, 0.29) is 11.7 Å². The number of ether oxygens (including phenoxy) is 2. The number of H-pyrrole nitrogens is 1. The SMILES string of the molecule is CC1(CNC(=O)c2ccccc2)COC(c2nc(-c3ccc(F)cc3)c(-c3ccnc(NCCC#N)n3)[nH]2)OC1. The highest BCUT2D eigenvalue weighted by Gasteiger charge is 2.35. The fourth-order valence-corrected chi connectivity index (χ4v) is 4.21. The van der Waals surface area contributed by atoms with E-state index < -0.39 is 11.7 Å². The van der Waals surface area contributed by atoms with Crippen LogP contribution in [0, 0.1) is 22.6 Å². The van der Waals surface area contributed by atoms with Crippen LogP contribution in [0.4, 0.5) is 10.3 Å². The Labute approximate surface area is 230 Å². The number of amides is 1. The van der Waals surface area contributed by atoms with Gasteiger partial charge in [0, 0.05) is 35.8 Å². The molecule has 1 aliphatic heterocycles. The first-order chi connectivity index (χ1) is 19.4. The summed E-state index contributed by atoms with van der Waals surface area (Å²) < 4.78 is 25.8. The highest BCUT2D eigenvalue weighted by atomic mass is 19.1. The maximum Gasteiger partial charge on any atom is 0.251 e. The number of imidazole rings is 1. The Bertz CT molecular complexity index is 1490. The van der Waals surface area contributed by atoms with Crippen LogP contribution in [0.2, 0.25) is 0 Å². The van der Waals surface area contributed by atoms with Gasteiger partial charge in [-0.2, -0.15) is 5.26 Å². The molecule has 1 amide bonds. The van der Waals surface area contributed by atoms with E-state index in [4.69, 9.17) is 19.7 Å². The molecule has 5 rings (SSSR count). The lowest BCUT2D eigenvalue weighted by Crippen LogP contribution is -2.45. The summed E-state index contributed by atoms with van der Waals surface area (Å²) in [7, 11) is 0. The van der Waals surface area contributed by atoms with E-state index in [0.717, 1.165) is 0 Å². The van der Waals surface area contributed by atoms with Crippen LogP contribution < -0.4 is 10.6 Å². The molecule has 0 aliphatic carbocycles. The Morgan fingerprint density at radius 1 is 1.12 bits per heavy atom. The minimum absolute atomic E-state index is 0.158. The molecule has 0 saturated carbocycles. The van der Waals surface area contributed by atoms with Gasteiger partial charge in [0.25, 0.3) is 5.91 Å². The number of carbonyl (C=O) groups excluding carboxylic acids is 1. The fraction of sp³-hybridized carbons (Fsp3) is 0.276. The van der Waals surface area contributed by atoms with Gasteiger partial charge in [0.1, 0.15) is 5.82 Å². The predicted octanol–water partition coefficient (Wildman–Crippen LogP) is 4.48. The van der Waals surface area contributed by atoms with Gasteiger partial charge >= 0.3 is 0 Å². The molecule has 1 aliphatic rings. The van der Waals surface area contributed by atoms with Crippen molar-refractivity contribution in [2.24, 2.45) is 5.41 Å². The molecule has 0 spiro atoms. The number of hydrogen-bond donors (Lipinski definition) is 3. The number of rotatable bonds is 9. The zero-order valence-corrected chi connectivity index (χ0v) is 21.9. The van der Waals surface area contributed by atoms with Crippen LogP contribution in [-0.2, 0) is 9.47 Å². The monoisotopic (exact) mass is 541 g/mol. The second-order valence-electron chi connectivity index (χ2n) is 9.77. The number of aromatic amines is 1. The topological polar surface area (TPSA) is 138 Å². The molecular weight excluding hydrogens is 513 g/mol. The van der Waals surface area contributed by atoms with Crippen molar-refractivity contribution in [1.82, 2.24) is 25.3 Å². The number of hydrogen-bond acceptors (Lipinski definition) is 8. The number of carbonyl (C=O) groups is 1. The van der Waals surface area contributed by atoms with Gasteiger partial charge in [0.2, 0.25) is 12.2 Å². The van der Waals surface area contributed by atoms with Gasteiger partial charge in [-0.15, -0.1) is 0 Å². The van der Waals surface area contributed by atoms with Crippen LogP contribution in [0.5, 0.6) is 0 Å². The molecule has 40 heavy (non-hydrogen) atoms. The van der Waals surface area contributed by atoms with Crippen molar-refractivity contribution in [3.8, 4) is 28.7 Å². The molecule has 11 heteroatoms. The van der Waals surface area contributed by atoms with E-state index in [1.807, 2.05) is 25.1 Å². The molecule has 0 atom stereocenters. The first-order valence-corrected chi connectivity index (χ1v) is 12.8. The summed E-state index contributed by atoms with van der Waals surface area (Å²) >= 11 is 0. The molecule has 3 heterocycles. The second-order valence-corrected chi connectivity index (χ2v) is 9.77. The van der Waals surface area contributed by atoms with Crippen LogP contribution in [0.3, 0.4) is 0 Å². The van der Waals surface area contributed by atoms with E-state index in [2.05, 4.69) is 31.7 Å². The standard InChI is InChI=1S/C29H28FN7O3/c1-29(16-34-26(38)20-6-3-2-4-7-20)17-39-27(40-18-29)25-36-23(19-8-10-21(30)11-9-19)24(37-25)22-12-15-33-28(35-22)32-14-5-13-31/h2-4,6-12,15,27H,5,14,16-18H2,1H3,(H,34,38)(H,36,37)(H,32,33,35). The molecule has 4 aromatic rings. The van der Waals surface area contributed by atoms with E-state index in [0.29, 0.717) is 72.7 Å². The van der Waals surface area contributed by atoms with Crippen molar-refractivity contribution in [2.45, 2.75) is 19.6 Å². The summed E-state index contributed by atoms with van der Waals surface area (Å²) in [5.41, 5.74) is 2.52. The van der Waals surface area contributed by atoms with Gasteiger partial charge in [0.05, 0.1) is 42.8 Å². The number of nitriles is 1. The molecule has 0 unspecified atom stereocenters. The smallest absolute Gasteiger partial charge is 0.251 e. The minimum atomic E-state index is -0.777. The van der Waals surface area contributed by atoms with Crippen molar-refractivity contribution in [2.75, 3.05) is 31.6 Å². The predicted molar refractivity (Wildman–Crippen MR) is 145 cm³/mol. The van der Waals surface area contributed by atoms with Crippen molar-refractivity contribution < 1.29 is 18.7 Å². The van der Waals surface area contributed by atoms with Crippen molar-refractivity contribution in [1.29, 1.82) is 5.26 Å². The Morgan fingerprint density at radius 2 is 1.88 bits per heavy atom. The number of benzene rings is 2. The highest BCUT2D eigenvalue weighted by Crippen LogP contribution is 2.35. The van der Waals surface area contributed by atoms with Crippen molar-refractivity contribution in [3.63, 3.8) is 0 Å². The molecule has 1 fully saturated rings. The summed E-state index contributed by atoms with van der Waals surface area (Å²) in [4.78, 5) is 29.3. The van der Waals surface area contributed by atoms with Crippen LogP contribution >= 0.6 is 0 Å². The Hall–Kier alpha value is -4.66. The number of nitrogens with zero attached hydrogens (tertiary/aromatic N) is 4. The lowest BCUT2D eigenvalue weighted by atomic mass is 9.92. The summed E-state index contributed by atoms with van der Waals surface area (Å²) in [6.07, 6.45) is 1.14. The second kappa shape index (κ2) is 12.0. The lowest BCUT2D eigenvalue weighted by molar-refractivity contribution is -0.231. The normalized spacial score (nSPS) is 18.6. The highest BCUT2D eigenvalue weighted by molar-refractivity contribution is 5.94. The fourth-order valence-electron chi connectivity index (χ4n) is 4.21. The molecule has 204 valence electrons. The first kappa shape index (κ1) is 26.9. The number of halogens is 1. The van der Waals surface area contributed by atoms with Gasteiger partial charge in [-0.3, -0.25) is 4.79 Å². The summed E-state index contributed by atoms with van der Waals surface area (Å²) in [5, 5.41) is 14.8. The molecule has 0 bridgehead atoms. The summed E-state index contributed by atoms with van der Waals surface area (Å²) in [6, 6.07) is 18.8. The van der Waals surface area contributed by atoms with Crippen LogP contribution in [0.25, 0.3) is 22.6 Å². The van der Waals surface area contributed by atoms with Gasteiger partial charge in [0.15, 0.2) is 5.82 Å². The molecule has 3 N–H and O–H groups in total. The quantitative estimate of drug-likeness (QED) is 0.264.